The number of hydrogen-bond donors (Lipinski definition) is 2. The summed E-state index contributed by atoms with van der Waals surface area (Å²) in [4.78, 5) is 22.8. The van der Waals surface area contributed by atoms with E-state index in [9.17, 15) is 14.7 Å². The monoisotopic (exact) mass is 217 g/mol. The van der Waals surface area contributed by atoms with Gasteiger partial charge in [-0.1, -0.05) is 20.8 Å². The van der Waals surface area contributed by atoms with Gasteiger partial charge >= 0.3 is 6.09 Å². The lowest BCUT2D eigenvalue weighted by molar-refractivity contribution is -0.130. The van der Waals surface area contributed by atoms with E-state index in [1.165, 1.54) is 14.0 Å². The zero-order chi connectivity index (χ0) is 12.2. The van der Waals surface area contributed by atoms with Crippen molar-refractivity contribution in [2.24, 2.45) is 5.41 Å². The second kappa shape index (κ2) is 5.11. The summed E-state index contributed by atoms with van der Waals surface area (Å²) in [5, 5.41) is 11.7. The molecule has 5 heteroatoms. The summed E-state index contributed by atoms with van der Waals surface area (Å²) in [7, 11) is 1.20. The van der Waals surface area contributed by atoms with Crippen molar-refractivity contribution in [2.75, 3.05) is 7.11 Å². The van der Waals surface area contributed by atoms with Crippen LogP contribution in [-0.4, -0.2) is 36.2 Å². The van der Waals surface area contributed by atoms with Gasteiger partial charge in [0.25, 0.3) is 0 Å². The molecule has 0 unspecified atom stereocenters. The van der Waals surface area contributed by atoms with E-state index in [1.54, 1.807) is 20.8 Å². The molecule has 0 radical (unpaired) electrons. The van der Waals surface area contributed by atoms with Crippen molar-refractivity contribution in [2.45, 2.75) is 39.8 Å². The first kappa shape index (κ1) is 13.9. The van der Waals surface area contributed by atoms with Gasteiger partial charge in [0.1, 0.15) is 6.04 Å². The molecule has 0 rings (SSSR count). The Morgan fingerprint density at radius 1 is 1.33 bits per heavy atom. The molecule has 0 spiro atoms. The van der Waals surface area contributed by atoms with Crippen LogP contribution in [0, 0.1) is 5.41 Å². The number of ether oxygens (including phenoxy) is 1. The molecular weight excluding hydrogens is 198 g/mol. The Morgan fingerprint density at radius 2 is 1.80 bits per heavy atom. The largest absolute Gasteiger partial charge is 0.453 e. The minimum atomic E-state index is -0.948. The maximum Gasteiger partial charge on any atom is 0.407 e. The molecule has 0 aliphatic rings. The number of rotatable bonds is 3. The normalized spacial score (nSPS) is 15.3. The van der Waals surface area contributed by atoms with Gasteiger partial charge in [-0.3, -0.25) is 4.79 Å². The smallest absolute Gasteiger partial charge is 0.407 e. The van der Waals surface area contributed by atoms with E-state index in [-0.39, 0.29) is 5.78 Å². The lowest BCUT2D eigenvalue weighted by Gasteiger charge is -2.26. The molecule has 0 saturated heterocycles. The average Bonchev–Trinajstić information content (AvgIpc) is 2.10. The number of ketones is 1. The van der Waals surface area contributed by atoms with Crippen LogP contribution in [0.1, 0.15) is 27.7 Å². The molecule has 0 bridgehead atoms. The Labute approximate surface area is 89.8 Å². The summed E-state index contributed by atoms with van der Waals surface area (Å²) >= 11 is 0. The number of hydrogen-bond acceptors (Lipinski definition) is 4. The molecule has 15 heavy (non-hydrogen) atoms. The highest BCUT2D eigenvalue weighted by molar-refractivity contribution is 5.91. The standard InChI is InChI=1S/C10H19NO4/c1-6(12)7(11-9(14)15-5)8(13)10(2,3)4/h6-7,12H,1-5H3,(H,11,14)/t6-,7-/m0/s1. The van der Waals surface area contributed by atoms with Crippen molar-refractivity contribution in [1.82, 2.24) is 5.32 Å². The molecule has 0 saturated carbocycles. The second-order valence-corrected chi connectivity index (χ2v) is 4.47. The van der Waals surface area contributed by atoms with Gasteiger partial charge < -0.3 is 15.2 Å². The quantitative estimate of drug-likeness (QED) is 0.730. The van der Waals surface area contributed by atoms with E-state index >= 15 is 0 Å². The van der Waals surface area contributed by atoms with Crippen molar-refractivity contribution in [3.63, 3.8) is 0 Å². The van der Waals surface area contributed by atoms with Gasteiger partial charge in [0.15, 0.2) is 5.78 Å². The number of aliphatic hydroxyl groups excluding tert-OH is 1. The lowest BCUT2D eigenvalue weighted by Crippen LogP contribution is -2.51. The second-order valence-electron chi connectivity index (χ2n) is 4.47. The number of methoxy groups -OCH3 is 1. The fraction of sp³-hybridized carbons (Fsp3) is 0.800. The fourth-order valence-corrected chi connectivity index (χ4v) is 1.06. The Balaban J connectivity index is 4.68. The Bertz CT molecular complexity index is 242. The number of amides is 1. The fourth-order valence-electron chi connectivity index (χ4n) is 1.06. The van der Waals surface area contributed by atoms with Crippen molar-refractivity contribution >= 4 is 11.9 Å². The van der Waals surface area contributed by atoms with Crippen LogP contribution < -0.4 is 5.32 Å². The van der Waals surface area contributed by atoms with Gasteiger partial charge in [-0.05, 0) is 6.92 Å². The summed E-state index contributed by atoms with van der Waals surface area (Å²) in [5.74, 6) is -0.233. The third-order valence-electron chi connectivity index (χ3n) is 1.96. The Morgan fingerprint density at radius 3 is 2.07 bits per heavy atom. The number of carbonyl (C=O) groups is 2. The minimum Gasteiger partial charge on any atom is -0.453 e. The van der Waals surface area contributed by atoms with E-state index in [0.29, 0.717) is 0 Å². The predicted molar refractivity (Wildman–Crippen MR) is 55.5 cm³/mol. The van der Waals surface area contributed by atoms with Crippen molar-refractivity contribution in [3.8, 4) is 0 Å². The number of alkyl carbamates (subject to hydrolysis) is 1. The molecule has 0 aromatic heterocycles. The van der Waals surface area contributed by atoms with Gasteiger partial charge in [0.2, 0.25) is 0 Å². The van der Waals surface area contributed by atoms with Gasteiger partial charge in [-0.2, -0.15) is 0 Å². The van der Waals surface area contributed by atoms with E-state index < -0.39 is 23.7 Å². The van der Waals surface area contributed by atoms with Crippen LogP contribution in [0.2, 0.25) is 0 Å². The van der Waals surface area contributed by atoms with Crippen molar-refractivity contribution < 1.29 is 19.4 Å². The molecule has 88 valence electrons. The van der Waals surface area contributed by atoms with Crippen LogP contribution >= 0.6 is 0 Å². The molecule has 2 N–H and O–H groups in total. The minimum absolute atomic E-state index is 0.233. The summed E-state index contributed by atoms with van der Waals surface area (Å²) in [6.07, 6.45) is -1.67. The van der Waals surface area contributed by atoms with Gasteiger partial charge in [0.05, 0.1) is 13.2 Å². The molecule has 0 aromatic carbocycles. The topological polar surface area (TPSA) is 75.6 Å². The van der Waals surface area contributed by atoms with Gasteiger partial charge in [0, 0.05) is 5.41 Å². The highest BCUT2D eigenvalue weighted by atomic mass is 16.5. The Hall–Kier alpha value is -1.10. The first-order valence-electron chi connectivity index (χ1n) is 4.77. The zero-order valence-corrected chi connectivity index (χ0v) is 9.83. The average molecular weight is 217 g/mol. The molecule has 0 fully saturated rings. The lowest BCUT2D eigenvalue weighted by atomic mass is 9.85. The Kier molecular flexibility index (Phi) is 4.74. The van der Waals surface area contributed by atoms with Crippen LogP contribution in [0.3, 0.4) is 0 Å². The zero-order valence-electron chi connectivity index (χ0n) is 9.83. The summed E-state index contributed by atoms with van der Waals surface area (Å²) in [6, 6.07) is -0.933. The molecule has 0 aliphatic carbocycles. The summed E-state index contributed by atoms with van der Waals surface area (Å²) < 4.78 is 4.38. The maximum atomic E-state index is 11.8. The number of aliphatic hydroxyl groups is 1. The van der Waals surface area contributed by atoms with Gasteiger partial charge in [-0.25, -0.2) is 4.79 Å². The highest BCUT2D eigenvalue weighted by Gasteiger charge is 2.33. The molecule has 5 nitrogen and oxygen atoms in total. The molecule has 0 aromatic rings. The SMILES string of the molecule is COC(=O)N[C@H](C(=O)C(C)(C)C)[C@H](C)O. The third kappa shape index (κ3) is 4.29. The van der Waals surface area contributed by atoms with Gasteiger partial charge in [-0.15, -0.1) is 0 Å². The van der Waals surface area contributed by atoms with Crippen LogP contribution in [0.4, 0.5) is 4.79 Å². The maximum absolute atomic E-state index is 11.8. The number of nitrogens with one attached hydrogen (secondary N) is 1. The molecule has 1 amide bonds. The van der Waals surface area contributed by atoms with Crippen molar-refractivity contribution in [1.29, 1.82) is 0 Å². The summed E-state index contributed by atoms with van der Waals surface area (Å²) in [5.41, 5.74) is -0.622. The van der Waals surface area contributed by atoms with E-state index in [2.05, 4.69) is 10.1 Å². The number of Topliss-reactive ketones (excluding diaryl/α,β-unsaturated/α-hetero) is 1. The molecule has 2 atom stereocenters. The van der Waals surface area contributed by atoms with E-state index in [4.69, 9.17) is 0 Å². The van der Waals surface area contributed by atoms with Crippen LogP contribution in [0.25, 0.3) is 0 Å². The predicted octanol–water partition coefficient (Wildman–Crippen LogP) is 0.707. The first-order chi connectivity index (χ1) is 6.70. The van der Waals surface area contributed by atoms with Crippen LogP contribution in [0.5, 0.6) is 0 Å². The van der Waals surface area contributed by atoms with E-state index in [1.807, 2.05) is 0 Å². The van der Waals surface area contributed by atoms with Crippen LogP contribution in [-0.2, 0) is 9.53 Å². The summed E-state index contributed by atoms with van der Waals surface area (Å²) in [6.45, 7) is 6.63. The first-order valence-corrected chi connectivity index (χ1v) is 4.77. The molecule has 0 aliphatic heterocycles. The third-order valence-corrected chi connectivity index (χ3v) is 1.96. The number of carbonyl (C=O) groups excluding carboxylic acids is 2. The highest BCUT2D eigenvalue weighted by Crippen LogP contribution is 2.18. The molecular formula is C10H19NO4. The molecule has 0 heterocycles. The van der Waals surface area contributed by atoms with E-state index in [0.717, 1.165) is 0 Å². The van der Waals surface area contributed by atoms with Crippen LogP contribution in [0.15, 0.2) is 0 Å². The van der Waals surface area contributed by atoms with Crippen molar-refractivity contribution in [3.05, 3.63) is 0 Å².